The van der Waals surface area contributed by atoms with Gasteiger partial charge in [-0.3, -0.25) is 4.90 Å². The first kappa shape index (κ1) is 14.2. The Kier molecular flexibility index (Phi) is 5.05. The molecule has 1 aromatic carbocycles. The van der Waals surface area contributed by atoms with Gasteiger partial charge in [0.05, 0.1) is 20.8 Å². The van der Waals surface area contributed by atoms with Crippen LogP contribution >= 0.6 is 0 Å². The summed E-state index contributed by atoms with van der Waals surface area (Å²) in [5, 5.41) is 0. The Hall–Kier alpha value is -1.26. The summed E-state index contributed by atoms with van der Waals surface area (Å²) in [6.07, 6.45) is 2.40. The quantitative estimate of drug-likeness (QED) is 0.790. The lowest BCUT2D eigenvalue weighted by molar-refractivity contribution is 0.140. The van der Waals surface area contributed by atoms with Gasteiger partial charge in [0.1, 0.15) is 11.5 Å². The summed E-state index contributed by atoms with van der Waals surface area (Å²) in [5.74, 6) is 1.75. The predicted molar refractivity (Wildman–Crippen MR) is 75.0 cm³/mol. The zero-order chi connectivity index (χ0) is 13.7. The van der Waals surface area contributed by atoms with Crippen molar-refractivity contribution in [1.82, 2.24) is 4.90 Å². The summed E-state index contributed by atoms with van der Waals surface area (Å²) in [7, 11) is 5.14. The fourth-order valence-corrected chi connectivity index (χ4v) is 2.75. The van der Waals surface area contributed by atoms with Gasteiger partial charge in [-0.25, -0.2) is 0 Å². The summed E-state index contributed by atoms with van der Waals surface area (Å²) < 4.78 is 16.0. The van der Waals surface area contributed by atoms with Crippen LogP contribution in [0.2, 0.25) is 0 Å². The van der Waals surface area contributed by atoms with Crippen LogP contribution in [0.15, 0.2) is 18.2 Å². The maximum atomic E-state index is 5.52. The molecule has 0 unspecified atom stereocenters. The molecule has 0 aliphatic carbocycles. The van der Waals surface area contributed by atoms with Gasteiger partial charge in [0.2, 0.25) is 0 Å². The molecular weight excluding hydrogens is 242 g/mol. The minimum absolute atomic E-state index is 0.427. The molecule has 0 N–H and O–H groups in total. The van der Waals surface area contributed by atoms with E-state index < -0.39 is 0 Å². The Labute approximate surface area is 115 Å². The van der Waals surface area contributed by atoms with E-state index in [0.717, 1.165) is 31.2 Å². The van der Waals surface area contributed by atoms with Crippen LogP contribution in [-0.4, -0.2) is 45.9 Å². The third-order valence-corrected chi connectivity index (χ3v) is 3.75. The molecule has 1 fully saturated rings. The minimum atomic E-state index is 0.427. The number of ether oxygens (including phenoxy) is 3. The topological polar surface area (TPSA) is 30.9 Å². The maximum Gasteiger partial charge on any atom is 0.127 e. The molecule has 19 heavy (non-hydrogen) atoms. The molecular formula is C15H23NO3. The average Bonchev–Trinajstić information content (AvgIpc) is 2.92. The lowest BCUT2D eigenvalue weighted by Gasteiger charge is -2.26. The van der Waals surface area contributed by atoms with Crippen molar-refractivity contribution < 1.29 is 14.2 Å². The van der Waals surface area contributed by atoms with E-state index in [0.29, 0.717) is 6.04 Å². The van der Waals surface area contributed by atoms with E-state index in [9.17, 15) is 0 Å². The number of benzene rings is 1. The first-order valence-electron chi connectivity index (χ1n) is 6.75. The van der Waals surface area contributed by atoms with Crippen LogP contribution in [0.5, 0.6) is 11.5 Å². The van der Waals surface area contributed by atoms with Crippen LogP contribution in [0.1, 0.15) is 24.4 Å². The van der Waals surface area contributed by atoms with Gasteiger partial charge in [-0.05, 0) is 25.5 Å². The number of likely N-dealkylation sites (tertiary alicyclic amines) is 1. The fraction of sp³-hybridized carbons (Fsp3) is 0.600. The van der Waals surface area contributed by atoms with Gasteiger partial charge in [-0.2, -0.15) is 0 Å². The van der Waals surface area contributed by atoms with Crippen molar-refractivity contribution in [3.63, 3.8) is 0 Å². The molecule has 1 aromatic rings. The molecule has 2 rings (SSSR count). The van der Waals surface area contributed by atoms with Crippen molar-refractivity contribution in [3.8, 4) is 11.5 Å². The van der Waals surface area contributed by atoms with Crippen molar-refractivity contribution in [1.29, 1.82) is 0 Å². The van der Waals surface area contributed by atoms with Crippen LogP contribution in [0.4, 0.5) is 0 Å². The first-order valence-corrected chi connectivity index (χ1v) is 6.75. The average molecular weight is 265 g/mol. The molecule has 0 spiro atoms. The molecule has 1 aliphatic rings. The zero-order valence-electron chi connectivity index (χ0n) is 12.0. The zero-order valence-corrected chi connectivity index (χ0v) is 12.0. The highest BCUT2D eigenvalue weighted by atomic mass is 16.5. The SMILES string of the molecule is COCCN1CCC[C@H]1c1ccc(OC)cc1OC. The Morgan fingerprint density at radius 3 is 2.74 bits per heavy atom. The van der Waals surface area contributed by atoms with Crippen LogP contribution < -0.4 is 9.47 Å². The highest BCUT2D eigenvalue weighted by Gasteiger charge is 2.28. The van der Waals surface area contributed by atoms with Crippen LogP contribution in [0, 0.1) is 0 Å². The lowest BCUT2D eigenvalue weighted by Crippen LogP contribution is -2.27. The van der Waals surface area contributed by atoms with Gasteiger partial charge < -0.3 is 14.2 Å². The number of methoxy groups -OCH3 is 3. The fourth-order valence-electron chi connectivity index (χ4n) is 2.75. The third kappa shape index (κ3) is 3.19. The van der Waals surface area contributed by atoms with Crippen molar-refractivity contribution in [3.05, 3.63) is 23.8 Å². The predicted octanol–water partition coefficient (Wildman–Crippen LogP) is 2.49. The van der Waals surface area contributed by atoms with Gasteiger partial charge >= 0.3 is 0 Å². The van der Waals surface area contributed by atoms with E-state index in [4.69, 9.17) is 14.2 Å². The summed E-state index contributed by atoms with van der Waals surface area (Å²) in [4.78, 5) is 2.47. The molecule has 1 atom stereocenters. The van der Waals surface area contributed by atoms with Crippen LogP contribution in [-0.2, 0) is 4.74 Å². The largest absolute Gasteiger partial charge is 0.497 e. The van der Waals surface area contributed by atoms with E-state index in [1.165, 1.54) is 18.4 Å². The van der Waals surface area contributed by atoms with Crippen molar-refractivity contribution in [2.75, 3.05) is 41.0 Å². The normalized spacial score (nSPS) is 19.6. The summed E-state index contributed by atoms with van der Waals surface area (Å²) in [6, 6.07) is 6.51. The van der Waals surface area contributed by atoms with Gasteiger partial charge in [-0.1, -0.05) is 6.07 Å². The Balaban J connectivity index is 2.19. The number of hydrogen-bond donors (Lipinski definition) is 0. The van der Waals surface area contributed by atoms with Crippen LogP contribution in [0.25, 0.3) is 0 Å². The highest BCUT2D eigenvalue weighted by Crippen LogP contribution is 2.38. The second-order valence-corrected chi connectivity index (χ2v) is 4.79. The molecule has 4 nitrogen and oxygen atoms in total. The van der Waals surface area contributed by atoms with Crippen LogP contribution in [0.3, 0.4) is 0 Å². The van der Waals surface area contributed by atoms with E-state index in [-0.39, 0.29) is 0 Å². The molecule has 1 saturated heterocycles. The van der Waals surface area contributed by atoms with E-state index >= 15 is 0 Å². The monoisotopic (exact) mass is 265 g/mol. The Morgan fingerprint density at radius 1 is 1.21 bits per heavy atom. The van der Waals surface area contributed by atoms with Crippen molar-refractivity contribution in [2.45, 2.75) is 18.9 Å². The second-order valence-electron chi connectivity index (χ2n) is 4.79. The minimum Gasteiger partial charge on any atom is -0.497 e. The van der Waals surface area contributed by atoms with Gasteiger partial charge in [0.15, 0.2) is 0 Å². The van der Waals surface area contributed by atoms with E-state index in [1.807, 2.05) is 12.1 Å². The standard InChI is InChI=1S/C15H23NO3/c1-17-10-9-16-8-4-5-14(16)13-7-6-12(18-2)11-15(13)19-3/h6-7,11,14H,4-5,8-10H2,1-3H3/t14-/m0/s1. The van der Waals surface area contributed by atoms with E-state index in [1.54, 1.807) is 21.3 Å². The van der Waals surface area contributed by atoms with Crippen molar-refractivity contribution >= 4 is 0 Å². The molecule has 0 saturated carbocycles. The third-order valence-electron chi connectivity index (χ3n) is 3.75. The summed E-state index contributed by atoms with van der Waals surface area (Å²) >= 11 is 0. The van der Waals surface area contributed by atoms with Gasteiger partial charge in [-0.15, -0.1) is 0 Å². The number of rotatable bonds is 6. The second kappa shape index (κ2) is 6.78. The highest BCUT2D eigenvalue weighted by molar-refractivity contribution is 5.42. The van der Waals surface area contributed by atoms with Gasteiger partial charge in [0, 0.05) is 31.3 Å². The smallest absolute Gasteiger partial charge is 0.127 e. The molecule has 0 bridgehead atoms. The van der Waals surface area contributed by atoms with Crippen molar-refractivity contribution in [2.24, 2.45) is 0 Å². The van der Waals surface area contributed by atoms with Gasteiger partial charge in [0.25, 0.3) is 0 Å². The molecule has 106 valence electrons. The Bertz CT molecular complexity index is 408. The maximum absolute atomic E-state index is 5.52. The molecule has 0 radical (unpaired) electrons. The summed E-state index contributed by atoms with van der Waals surface area (Å²) in [5.41, 5.74) is 1.25. The molecule has 1 aliphatic heterocycles. The number of hydrogen-bond acceptors (Lipinski definition) is 4. The molecule has 0 amide bonds. The Morgan fingerprint density at radius 2 is 2.05 bits per heavy atom. The number of nitrogens with zero attached hydrogens (tertiary/aromatic N) is 1. The lowest BCUT2D eigenvalue weighted by atomic mass is 10.0. The summed E-state index contributed by atoms with van der Waals surface area (Å²) in [6.45, 7) is 2.87. The molecule has 4 heteroatoms. The molecule has 1 heterocycles. The molecule has 0 aromatic heterocycles. The first-order chi connectivity index (χ1) is 9.30. The van der Waals surface area contributed by atoms with E-state index in [2.05, 4.69) is 11.0 Å².